The molecule has 3 aromatic rings. The molecule has 1 amide bonds. The average molecular weight is 377 g/mol. The zero-order chi connectivity index (χ0) is 18.5. The monoisotopic (exact) mass is 376 g/mol. The maximum atomic E-state index is 13.0. The second-order valence-corrected chi connectivity index (χ2v) is 7.88. The highest BCUT2D eigenvalue weighted by Gasteiger charge is 2.30. The standard InChI is InChI=1S/C23H24N2OS/c26-22(25-15-7-13-20(25)21-14-8-16-27-21)17-24-23(18-9-3-1-4-10-18)19-11-5-2-6-12-19/h1-6,8-12,14,16,20,23-24H,7,13,15,17H2. The van der Waals surface area contributed by atoms with Gasteiger partial charge in [0.15, 0.2) is 0 Å². The fourth-order valence-electron chi connectivity index (χ4n) is 3.85. The number of amides is 1. The summed E-state index contributed by atoms with van der Waals surface area (Å²) in [5.74, 6) is 0.183. The summed E-state index contributed by atoms with van der Waals surface area (Å²) in [5.41, 5.74) is 2.35. The minimum atomic E-state index is 0.0131. The molecule has 4 heteroatoms. The molecule has 138 valence electrons. The molecule has 1 atom stereocenters. The molecule has 0 spiro atoms. The quantitative estimate of drug-likeness (QED) is 0.671. The molecular weight excluding hydrogens is 352 g/mol. The van der Waals surface area contributed by atoms with Gasteiger partial charge in [0.25, 0.3) is 0 Å². The number of hydrogen-bond acceptors (Lipinski definition) is 3. The van der Waals surface area contributed by atoms with E-state index in [9.17, 15) is 4.79 Å². The van der Waals surface area contributed by atoms with E-state index in [1.807, 2.05) is 41.3 Å². The van der Waals surface area contributed by atoms with Crippen LogP contribution in [-0.4, -0.2) is 23.9 Å². The number of benzene rings is 2. The molecule has 1 aliphatic rings. The zero-order valence-corrected chi connectivity index (χ0v) is 16.1. The Morgan fingerprint density at radius 3 is 2.26 bits per heavy atom. The van der Waals surface area contributed by atoms with Gasteiger partial charge in [-0.1, -0.05) is 66.7 Å². The van der Waals surface area contributed by atoms with E-state index < -0.39 is 0 Å². The lowest BCUT2D eigenvalue weighted by Gasteiger charge is -2.26. The molecule has 0 bridgehead atoms. The second-order valence-electron chi connectivity index (χ2n) is 6.90. The summed E-state index contributed by atoms with van der Waals surface area (Å²) >= 11 is 1.75. The van der Waals surface area contributed by atoms with E-state index >= 15 is 0 Å². The first kappa shape index (κ1) is 18.0. The van der Waals surface area contributed by atoms with Crippen molar-refractivity contribution in [2.75, 3.05) is 13.1 Å². The van der Waals surface area contributed by atoms with Crippen LogP contribution in [0.15, 0.2) is 78.2 Å². The van der Waals surface area contributed by atoms with Crippen molar-refractivity contribution in [1.82, 2.24) is 10.2 Å². The summed E-state index contributed by atoms with van der Waals surface area (Å²) in [5, 5.41) is 5.60. The van der Waals surface area contributed by atoms with Crippen LogP contribution in [0, 0.1) is 0 Å². The number of thiophene rings is 1. The van der Waals surface area contributed by atoms with E-state index in [-0.39, 0.29) is 18.0 Å². The third-order valence-electron chi connectivity index (χ3n) is 5.17. The smallest absolute Gasteiger partial charge is 0.237 e. The molecule has 1 aromatic heterocycles. The van der Waals surface area contributed by atoms with Crippen LogP contribution in [0.2, 0.25) is 0 Å². The van der Waals surface area contributed by atoms with Gasteiger partial charge in [0.1, 0.15) is 0 Å². The summed E-state index contributed by atoms with van der Waals surface area (Å²) in [6.07, 6.45) is 2.14. The SMILES string of the molecule is O=C(CNC(c1ccccc1)c1ccccc1)N1CCCC1c1cccs1. The Bertz CT molecular complexity index is 809. The molecule has 1 unspecified atom stereocenters. The van der Waals surface area contributed by atoms with Crippen molar-refractivity contribution >= 4 is 17.2 Å². The molecule has 1 N–H and O–H groups in total. The molecule has 0 aliphatic carbocycles. The van der Waals surface area contributed by atoms with Crippen molar-refractivity contribution in [2.24, 2.45) is 0 Å². The highest BCUT2D eigenvalue weighted by molar-refractivity contribution is 7.10. The maximum absolute atomic E-state index is 13.0. The number of hydrogen-bond donors (Lipinski definition) is 1. The summed E-state index contributed by atoms with van der Waals surface area (Å²) in [6.45, 7) is 1.20. The van der Waals surface area contributed by atoms with Crippen molar-refractivity contribution in [1.29, 1.82) is 0 Å². The number of nitrogens with zero attached hydrogens (tertiary/aromatic N) is 1. The normalized spacial score (nSPS) is 16.8. The van der Waals surface area contributed by atoms with Gasteiger partial charge in [-0.2, -0.15) is 0 Å². The number of carbonyl (C=O) groups excluding carboxylic acids is 1. The lowest BCUT2D eigenvalue weighted by Crippen LogP contribution is -2.39. The third-order valence-corrected chi connectivity index (χ3v) is 6.14. The average Bonchev–Trinajstić information content (AvgIpc) is 3.41. The molecule has 1 saturated heterocycles. The predicted molar refractivity (Wildman–Crippen MR) is 111 cm³/mol. The Morgan fingerprint density at radius 1 is 1.00 bits per heavy atom. The van der Waals surface area contributed by atoms with Crippen LogP contribution < -0.4 is 5.32 Å². The molecular formula is C23H24N2OS. The molecule has 3 nitrogen and oxygen atoms in total. The fraction of sp³-hybridized carbons (Fsp3) is 0.261. The Hall–Kier alpha value is -2.43. The van der Waals surface area contributed by atoms with Gasteiger partial charge >= 0.3 is 0 Å². The van der Waals surface area contributed by atoms with Crippen molar-refractivity contribution in [3.63, 3.8) is 0 Å². The van der Waals surface area contributed by atoms with E-state index in [0.29, 0.717) is 6.54 Å². The van der Waals surface area contributed by atoms with Crippen molar-refractivity contribution < 1.29 is 4.79 Å². The lowest BCUT2D eigenvalue weighted by molar-refractivity contribution is -0.131. The first-order valence-electron chi connectivity index (χ1n) is 9.49. The maximum Gasteiger partial charge on any atom is 0.237 e. The molecule has 2 heterocycles. The molecule has 4 rings (SSSR count). The van der Waals surface area contributed by atoms with E-state index in [0.717, 1.165) is 19.4 Å². The van der Waals surface area contributed by atoms with Gasteiger partial charge < -0.3 is 4.90 Å². The van der Waals surface area contributed by atoms with E-state index in [2.05, 4.69) is 47.1 Å². The third kappa shape index (κ3) is 4.12. The van der Waals surface area contributed by atoms with Crippen molar-refractivity contribution in [3.8, 4) is 0 Å². The van der Waals surface area contributed by atoms with Gasteiger partial charge in [-0.3, -0.25) is 10.1 Å². The Morgan fingerprint density at radius 2 is 1.67 bits per heavy atom. The van der Waals surface area contributed by atoms with Crippen LogP contribution in [0.1, 0.15) is 40.9 Å². The molecule has 2 aromatic carbocycles. The van der Waals surface area contributed by atoms with Crippen LogP contribution in [-0.2, 0) is 4.79 Å². The summed E-state index contributed by atoms with van der Waals surface area (Å²) in [4.78, 5) is 16.3. The Labute approximate surface area is 164 Å². The van der Waals surface area contributed by atoms with Gasteiger partial charge in [-0.15, -0.1) is 11.3 Å². The number of rotatable bonds is 6. The van der Waals surface area contributed by atoms with Crippen LogP contribution in [0.5, 0.6) is 0 Å². The minimum absolute atomic E-state index is 0.0131. The van der Waals surface area contributed by atoms with Crippen molar-refractivity contribution in [3.05, 3.63) is 94.2 Å². The number of likely N-dealkylation sites (tertiary alicyclic amines) is 1. The largest absolute Gasteiger partial charge is 0.334 e. The fourth-order valence-corrected chi connectivity index (χ4v) is 4.73. The second kappa shape index (κ2) is 8.51. The highest BCUT2D eigenvalue weighted by atomic mass is 32.1. The van der Waals surface area contributed by atoms with Gasteiger partial charge in [-0.25, -0.2) is 0 Å². The topological polar surface area (TPSA) is 32.3 Å². The first-order chi connectivity index (χ1) is 13.3. The van der Waals surface area contributed by atoms with Crippen LogP contribution >= 0.6 is 11.3 Å². The highest BCUT2D eigenvalue weighted by Crippen LogP contribution is 2.34. The van der Waals surface area contributed by atoms with E-state index in [1.54, 1.807) is 11.3 Å². The van der Waals surface area contributed by atoms with Crippen LogP contribution in [0.25, 0.3) is 0 Å². The molecule has 1 aliphatic heterocycles. The molecule has 27 heavy (non-hydrogen) atoms. The minimum Gasteiger partial charge on any atom is -0.334 e. The first-order valence-corrected chi connectivity index (χ1v) is 10.4. The lowest BCUT2D eigenvalue weighted by atomic mass is 9.99. The Balaban J connectivity index is 1.48. The molecule has 0 radical (unpaired) electrons. The van der Waals surface area contributed by atoms with Gasteiger partial charge in [0, 0.05) is 11.4 Å². The summed E-state index contributed by atoms with van der Waals surface area (Å²) < 4.78 is 0. The van der Waals surface area contributed by atoms with Crippen LogP contribution in [0.3, 0.4) is 0 Å². The van der Waals surface area contributed by atoms with Crippen molar-refractivity contribution in [2.45, 2.75) is 24.9 Å². The molecule has 0 saturated carbocycles. The Kier molecular flexibility index (Phi) is 5.66. The summed E-state index contributed by atoms with van der Waals surface area (Å²) in [7, 11) is 0. The number of nitrogens with one attached hydrogen (secondary N) is 1. The van der Waals surface area contributed by atoms with Gasteiger partial charge in [0.2, 0.25) is 5.91 Å². The number of carbonyl (C=O) groups is 1. The summed E-state index contributed by atoms with van der Waals surface area (Å²) in [6, 6.07) is 25.1. The van der Waals surface area contributed by atoms with Crippen LogP contribution in [0.4, 0.5) is 0 Å². The van der Waals surface area contributed by atoms with E-state index in [4.69, 9.17) is 0 Å². The zero-order valence-electron chi connectivity index (χ0n) is 15.3. The van der Waals surface area contributed by atoms with E-state index in [1.165, 1.54) is 16.0 Å². The van der Waals surface area contributed by atoms with Gasteiger partial charge in [0.05, 0.1) is 18.6 Å². The predicted octanol–water partition coefficient (Wildman–Crippen LogP) is 4.79. The molecule has 1 fully saturated rings. The van der Waals surface area contributed by atoms with Gasteiger partial charge in [-0.05, 0) is 35.4 Å².